The van der Waals surface area contributed by atoms with Gasteiger partial charge < -0.3 is 14.8 Å². The van der Waals surface area contributed by atoms with Crippen molar-refractivity contribution >= 4 is 0 Å². The van der Waals surface area contributed by atoms with E-state index in [1.165, 1.54) is 5.56 Å². The van der Waals surface area contributed by atoms with Crippen LogP contribution in [0.15, 0.2) is 18.2 Å². The van der Waals surface area contributed by atoms with E-state index in [1.54, 1.807) is 0 Å². The number of piperazine rings is 1. The highest BCUT2D eigenvalue weighted by molar-refractivity contribution is 5.44. The highest BCUT2D eigenvalue weighted by Gasteiger charge is 2.24. The Morgan fingerprint density at radius 1 is 1.17 bits per heavy atom. The summed E-state index contributed by atoms with van der Waals surface area (Å²) in [5.74, 6) is 1.74. The third-order valence-corrected chi connectivity index (χ3v) is 3.81. The summed E-state index contributed by atoms with van der Waals surface area (Å²) < 4.78 is 10.8. The number of benzene rings is 1. The highest BCUT2D eigenvalue weighted by Crippen LogP contribution is 2.33. The van der Waals surface area contributed by atoms with Crippen molar-refractivity contribution in [2.24, 2.45) is 0 Å². The minimum absolute atomic E-state index is 0.346. The monoisotopic (exact) mass is 248 g/mol. The lowest BCUT2D eigenvalue weighted by molar-refractivity contribution is 0.108. The van der Waals surface area contributed by atoms with E-state index in [9.17, 15) is 0 Å². The molecule has 1 aromatic rings. The Kier molecular flexibility index (Phi) is 3.14. The molecule has 0 bridgehead atoms. The molecular weight excluding hydrogens is 228 g/mol. The summed E-state index contributed by atoms with van der Waals surface area (Å²) in [4.78, 5) is 2.54. The summed E-state index contributed by atoms with van der Waals surface area (Å²) in [6, 6.07) is 7.38. The van der Waals surface area contributed by atoms with Crippen molar-refractivity contribution in [2.75, 3.05) is 19.9 Å². The largest absolute Gasteiger partial charge is 0.454 e. The molecule has 2 atom stereocenters. The maximum Gasteiger partial charge on any atom is 0.231 e. The van der Waals surface area contributed by atoms with Gasteiger partial charge in [-0.15, -0.1) is 0 Å². The summed E-state index contributed by atoms with van der Waals surface area (Å²) in [6.45, 7) is 7.99. The standard InChI is InChI=1S/C14H20N2O2/c1-10-6-15-7-11(2)16(10)8-12-3-4-13-14(5-12)18-9-17-13/h3-5,10-11,15H,6-9H2,1-2H3. The Hall–Kier alpha value is -1.26. The Labute approximate surface area is 108 Å². The number of fused-ring (bicyclic) bond motifs is 1. The zero-order valence-corrected chi connectivity index (χ0v) is 11.0. The number of nitrogens with one attached hydrogen (secondary N) is 1. The molecule has 2 unspecified atom stereocenters. The molecule has 1 N–H and O–H groups in total. The molecule has 0 aliphatic carbocycles. The van der Waals surface area contributed by atoms with Crippen molar-refractivity contribution in [3.05, 3.63) is 23.8 Å². The van der Waals surface area contributed by atoms with Gasteiger partial charge in [0, 0.05) is 31.7 Å². The van der Waals surface area contributed by atoms with E-state index in [-0.39, 0.29) is 0 Å². The Morgan fingerprint density at radius 2 is 1.89 bits per heavy atom. The summed E-state index contributed by atoms with van der Waals surface area (Å²) in [5.41, 5.74) is 1.29. The average molecular weight is 248 g/mol. The first kappa shape index (κ1) is 11.8. The van der Waals surface area contributed by atoms with Crippen LogP contribution in [0.25, 0.3) is 0 Å². The molecule has 3 rings (SSSR count). The number of nitrogens with zero attached hydrogens (tertiary/aromatic N) is 1. The number of ether oxygens (including phenoxy) is 2. The molecule has 0 spiro atoms. The van der Waals surface area contributed by atoms with Gasteiger partial charge in [-0.05, 0) is 31.5 Å². The van der Waals surface area contributed by atoms with Gasteiger partial charge in [0.2, 0.25) is 6.79 Å². The van der Waals surface area contributed by atoms with Crippen molar-refractivity contribution in [3.8, 4) is 11.5 Å². The van der Waals surface area contributed by atoms with E-state index in [4.69, 9.17) is 9.47 Å². The topological polar surface area (TPSA) is 33.7 Å². The van der Waals surface area contributed by atoms with Crippen LogP contribution in [-0.2, 0) is 6.54 Å². The molecule has 1 aromatic carbocycles. The molecule has 2 aliphatic heterocycles. The Balaban J connectivity index is 1.75. The number of rotatable bonds is 2. The smallest absolute Gasteiger partial charge is 0.231 e. The van der Waals surface area contributed by atoms with E-state index in [1.807, 2.05) is 6.07 Å². The molecule has 4 nitrogen and oxygen atoms in total. The van der Waals surface area contributed by atoms with Crippen molar-refractivity contribution in [1.29, 1.82) is 0 Å². The normalized spacial score (nSPS) is 27.4. The van der Waals surface area contributed by atoms with Crippen LogP contribution in [0.3, 0.4) is 0 Å². The third kappa shape index (κ3) is 2.18. The SMILES string of the molecule is CC1CNCC(C)N1Cc1ccc2c(c1)OCO2. The first-order valence-corrected chi connectivity index (χ1v) is 6.59. The van der Waals surface area contributed by atoms with Gasteiger partial charge >= 0.3 is 0 Å². The molecule has 98 valence electrons. The Morgan fingerprint density at radius 3 is 2.67 bits per heavy atom. The fourth-order valence-electron chi connectivity index (χ4n) is 2.73. The molecule has 1 fully saturated rings. The average Bonchev–Trinajstić information content (AvgIpc) is 2.81. The zero-order chi connectivity index (χ0) is 12.5. The predicted molar refractivity (Wildman–Crippen MR) is 69.9 cm³/mol. The van der Waals surface area contributed by atoms with Crippen LogP contribution in [0, 0.1) is 0 Å². The van der Waals surface area contributed by atoms with Crippen molar-refractivity contribution in [2.45, 2.75) is 32.5 Å². The molecular formula is C14H20N2O2. The summed E-state index contributed by atoms with van der Waals surface area (Å²) in [7, 11) is 0. The minimum atomic E-state index is 0.346. The maximum atomic E-state index is 5.43. The van der Waals surface area contributed by atoms with Gasteiger partial charge in [0.1, 0.15) is 0 Å². The molecule has 2 aliphatic rings. The van der Waals surface area contributed by atoms with Crippen LogP contribution in [0.1, 0.15) is 19.4 Å². The van der Waals surface area contributed by atoms with Gasteiger partial charge in [0.25, 0.3) is 0 Å². The van der Waals surface area contributed by atoms with E-state index < -0.39 is 0 Å². The molecule has 18 heavy (non-hydrogen) atoms. The van der Waals surface area contributed by atoms with Crippen LogP contribution in [-0.4, -0.2) is 36.9 Å². The van der Waals surface area contributed by atoms with E-state index in [0.717, 1.165) is 31.1 Å². The fourth-order valence-corrected chi connectivity index (χ4v) is 2.73. The first-order chi connectivity index (χ1) is 8.74. The van der Waals surface area contributed by atoms with Crippen LogP contribution in [0.5, 0.6) is 11.5 Å². The van der Waals surface area contributed by atoms with Crippen LogP contribution < -0.4 is 14.8 Å². The van der Waals surface area contributed by atoms with Gasteiger partial charge in [-0.2, -0.15) is 0 Å². The van der Waals surface area contributed by atoms with Crippen molar-refractivity contribution in [3.63, 3.8) is 0 Å². The minimum Gasteiger partial charge on any atom is -0.454 e. The van der Waals surface area contributed by atoms with Crippen LogP contribution >= 0.6 is 0 Å². The lowest BCUT2D eigenvalue weighted by atomic mass is 10.1. The lowest BCUT2D eigenvalue weighted by Crippen LogP contribution is -2.54. The molecule has 0 aromatic heterocycles. The molecule has 0 amide bonds. The van der Waals surface area contributed by atoms with Gasteiger partial charge in [0.15, 0.2) is 11.5 Å². The van der Waals surface area contributed by atoms with Gasteiger partial charge in [-0.3, -0.25) is 4.90 Å². The maximum absolute atomic E-state index is 5.43. The summed E-state index contributed by atoms with van der Waals surface area (Å²) in [6.07, 6.45) is 0. The summed E-state index contributed by atoms with van der Waals surface area (Å²) >= 11 is 0. The second-order valence-corrected chi connectivity index (χ2v) is 5.22. The lowest BCUT2D eigenvalue weighted by Gasteiger charge is -2.39. The fraction of sp³-hybridized carbons (Fsp3) is 0.571. The van der Waals surface area contributed by atoms with E-state index in [2.05, 4.69) is 36.2 Å². The predicted octanol–water partition coefficient (Wildman–Crippen LogP) is 1.60. The highest BCUT2D eigenvalue weighted by atomic mass is 16.7. The second kappa shape index (κ2) is 4.78. The number of hydrogen-bond acceptors (Lipinski definition) is 4. The second-order valence-electron chi connectivity index (χ2n) is 5.22. The molecule has 4 heteroatoms. The van der Waals surface area contributed by atoms with Gasteiger partial charge in [-0.25, -0.2) is 0 Å². The van der Waals surface area contributed by atoms with Crippen LogP contribution in [0.4, 0.5) is 0 Å². The molecule has 0 radical (unpaired) electrons. The van der Waals surface area contributed by atoms with E-state index >= 15 is 0 Å². The molecule has 0 saturated carbocycles. The quantitative estimate of drug-likeness (QED) is 0.862. The zero-order valence-electron chi connectivity index (χ0n) is 11.0. The van der Waals surface area contributed by atoms with E-state index in [0.29, 0.717) is 18.9 Å². The number of hydrogen-bond donors (Lipinski definition) is 1. The molecule has 1 saturated heterocycles. The molecule has 2 heterocycles. The van der Waals surface area contributed by atoms with Gasteiger partial charge in [-0.1, -0.05) is 6.07 Å². The van der Waals surface area contributed by atoms with Crippen LogP contribution in [0.2, 0.25) is 0 Å². The third-order valence-electron chi connectivity index (χ3n) is 3.81. The van der Waals surface area contributed by atoms with Gasteiger partial charge in [0.05, 0.1) is 0 Å². The first-order valence-electron chi connectivity index (χ1n) is 6.59. The summed E-state index contributed by atoms with van der Waals surface area (Å²) in [5, 5.41) is 3.46. The Bertz CT molecular complexity index is 426. The van der Waals surface area contributed by atoms with Crippen molar-refractivity contribution < 1.29 is 9.47 Å². The van der Waals surface area contributed by atoms with Crippen molar-refractivity contribution in [1.82, 2.24) is 10.2 Å².